The van der Waals surface area contributed by atoms with Gasteiger partial charge in [0.1, 0.15) is 5.75 Å². The van der Waals surface area contributed by atoms with Gasteiger partial charge < -0.3 is 9.68 Å². The van der Waals surface area contributed by atoms with Gasteiger partial charge in [-0.05, 0) is 33.6 Å². The lowest BCUT2D eigenvalue weighted by Crippen LogP contribution is -2.40. The summed E-state index contributed by atoms with van der Waals surface area (Å²) in [6.07, 6.45) is 0. The summed E-state index contributed by atoms with van der Waals surface area (Å²) in [6.45, 7) is 0. The molecule has 1 aliphatic heterocycles. The lowest BCUT2D eigenvalue weighted by Gasteiger charge is -2.24. The molecule has 84 valence electrons. The number of hydrogen-bond donors (Lipinski definition) is 1. The lowest BCUT2D eigenvalue weighted by atomic mass is 9.72. The number of halogens is 2. The van der Waals surface area contributed by atoms with E-state index in [2.05, 4.69) is 31.9 Å². The van der Waals surface area contributed by atoms with E-state index in [-0.39, 0.29) is 0 Å². The van der Waals surface area contributed by atoms with Crippen molar-refractivity contribution in [2.45, 2.75) is 0 Å². The largest absolute Gasteiger partial charge is 0.560 e. The van der Waals surface area contributed by atoms with Crippen LogP contribution in [0.5, 0.6) is 5.75 Å². The van der Waals surface area contributed by atoms with Gasteiger partial charge in [0.25, 0.3) is 0 Å². The van der Waals surface area contributed by atoms with E-state index in [1.54, 1.807) is 0 Å². The maximum atomic E-state index is 9.95. The fraction of sp³-hybridized carbons (Fsp3) is 0. The zero-order valence-electron chi connectivity index (χ0n) is 8.65. The molecule has 0 bridgehead atoms. The minimum Gasteiger partial charge on any atom is -0.531 e. The molecule has 1 heterocycles. The summed E-state index contributed by atoms with van der Waals surface area (Å²) < 4.78 is 7.33. The second-order valence-corrected chi connectivity index (χ2v) is 5.59. The van der Waals surface area contributed by atoms with E-state index >= 15 is 0 Å². The first kappa shape index (κ1) is 11.3. The third kappa shape index (κ3) is 1.82. The summed E-state index contributed by atoms with van der Waals surface area (Å²) in [6, 6.07) is 11.6. The van der Waals surface area contributed by atoms with Crippen molar-refractivity contribution in [3.63, 3.8) is 0 Å². The maximum Gasteiger partial charge on any atom is 0.560 e. The molecular formula is C12H7BBr2O2. The highest BCUT2D eigenvalue weighted by Crippen LogP contribution is 2.40. The average molecular weight is 354 g/mol. The Bertz CT molecular complexity index is 601. The van der Waals surface area contributed by atoms with Gasteiger partial charge in [-0.1, -0.05) is 40.2 Å². The summed E-state index contributed by atoms with van der Waals surface area (Å²) >= 11 is 6.91. The van der Waals surface area contributed by atoms with Crippen LogP contribution in [0.3, 0.4) is 0 Å². The second-order valence-electron chi connectivity index (χ2n) is 3.82. The summed E-state index contributed by atoms with van der Waals surface area (Å²) in [5.41, 5.74) is 2.78. The van der Waals surface area contributed by atoms with Crippen molar-refractivity contribution in [2.24, 2.45) is 0 Å². The third-order valence-electron chi connectivity index (χ3n) is 2.75. The molecule has 0 aliphatic carbocycles. The summed E-state index contributed by atoms with van der Waals surface area (Å²) in [4.78, 5) is 0. The number of hydrogen-bond acceptors (Lipinski definition) is 2. The van der Waals surface area contributed by atoms with Gasteiger partial charge in [0.2, 0.25) is 0 Å². The van der Waals surface area contributed by atoms with Gasteiger partial charge in [0.15, 0.2) is 0 Å². The summed E-state index contributed by atoms with van der Waals surface area (Å²) in [5, 5.41) is 9.95. The Morgan fingerprint density at radius 1 is 1.06 bits per heavy atom. The highest BCUT2D eigenvalue weighted by Gasteiger charge is 2.31. The fourth-order valence-corrected chi connectivity index (χ4v) is 3.33. The van der Waals surface area contributed by atoms with Gasteiger partial charge in [-0.2, -0.15) is 0 Å². The Hall–Kier alpha value is -0.775. The highest BCUT2D eigenvalue weighted by atomic mass is 79.9. The van der Waals surface area contributed by atoms with Crippen LogP contribution in [0.4, 0.5) is 0 Å². The van der Waals surface area contributed by atoms with Gasteiger partial charge in [-0.15, -0.1) is 0 Å². The molecule has 1 N–H and O–H groups in total. The summed E-state index contributed by atoms with van der Waals surface area (Å²) in [7, 11) is -0.906. The minimum absolute atomic E-state index is 0.680. The molecule has 2 aromatic carbocycles. The first-order valence-electron chi connectivity index (χ1n) is 5.10. The second kappa shape index (κ2) is 4.16. The molecule has 0 unspecified atom stereocenters. The molecule has 0 fully saturated rings. The maximum absolute atomic E-state index is 9.95. The molecule has 0 saturated heterocycles. The molecule has 3 rings (SSSR count). The lowest BCUT2D eigenvalue weighted by molar-refractivity contribution is 0.429. The SMILES string of the molecule is OB1Oc2c(Br)cc(Br)cc2-c2ccccc21. The molecule has 0 saturated carbocycles. The molecular weight excluding hydrogens is 347 g/mol. The number of benzene rings is 2. The Morgan fingerprint density at radius 2 is 1.82 bits per heavy atom. The zero-order chi connectivity index (χ0) is 12.0. The Balaban J connectivity index is 2.33. The molecule has 0 atom stereocenters. The predicted molar refractivity (Wildman–Crippen MR) is 75.5 cm³/mol. The van der Waals surface area contributed by atoms with Crippen LogP contribution in [0.25, 0.3) is 11.1 Å². The van der Waals surface area contributed by atoms with Crippen molar-refractivity contribution in [3.05, 3.63) is 45.3 Å². The average Bonchev–Trinajstić information content (AvgIpc) is 2.31. The molecule has 2 aromatic rings. The normalized spacial score (nSPS) is 12.8. The van der Waals surface area contributed by atoms with Crippen molar-refractivity contribution in [2.75, 3.05) is 0 Å². The van der Waals surface area contributed by atoms with E-state index in [4.69, 9.17) is 4.65 Å². The van der Waals surface area contributed by atoms with Crippen LogP contribution in [0.1, 0.15) is 0 Å². The molecule has 2 nitrogen and oxygen atoms in total. The molecule has 0 spiro atoms. The van der Waals surface area contributed by atoms with Crippen molar-refractivity contribution < 1.29 is 9.68 Å². The van der Waals surface area contributed by atoms with E-state index in [0.717, 1.165) is 25.5 Å². The van der Waals surface area contributed by atoms with Crippen LogP contribution < -0.4 is 10.1 Å². The van der Waals surface area contributed by atoms with Crippen LogP contribution in [0.2, 0.25) is 0 Å². The van der Waals surface area contributed by atoms with Crippen molar-refractivity contribution in [3.8, 4) is 16.9 Å². The van der Waals surface area contributed by atoms with Crippen molar-refractivity contribution in [1.82, 2.24) is 0 Å². The highest BCUT2D eigenvalue weighted by molar-refractivity contribution is 9.11. The van der Waals surface area contributed by atoms with Crippen LogP contribution in [0.15, 0.2) is 45.3 Å². The van der Waals surface area contributed by atoms with Gasteiger partial charge >= 0.3 is 7.12 Å². The van der Waals surface area contributed by atoms with Gasteiger partial charge in [-0.3, -0.25) is 0 Å². The third-order valence-corrected chi connectivity index (χ3v) is 3.80. The van der Waals surface area contributed by atoms with Gasteiger partial charge in [0.05, 0.1) is 4.47 Å². The van der Waals surface area contributed by atoms with Crippen LogP contribution >= 0.6 is 31.9 Å². The zero-order valence-corrected chi connectivity index (χ0v) is 11.8. The van der Waals surface area contributed by atoms with Crippen LogP contribution in [-0.2, 0) is 0 Å². The topological polar surface area (TPSA) is 29.5 Å². The van der Waals surface area contributed by atoms with E-state index in [1.807, 2.05) is 36.4 Å². The Labute approximate surface area is 116 Å². The predicted octanol–water partition coefficient (Wildman–Crippen LogP) is 2.96. The smallest absolute Gasteiger partial charge is 0.531 e. The quantitative estimate of drug-likeness (QED) is 0.738. The monoisotopic (exact) mass is 352 g/mol. The van der Waals surface area contributed by atoms with Crippen molar-refractivity contribution in [1.29, 1.82) is 0 Å². The van der Waals surface area contributed by atoms with Crippen LogP contribution in [-0.4, -0.2) is 12.1 Å². The number of fused-ring (bicyclic) bond motifs is 3. The van der Waals surface area contributed by atoms with E-state index in [1.165, 1.54) is 0 Å². The molecule has 0 radical (unpaired) electrons. The summed E-state index contributed by atoms with van der Waals surface area (Å²) in [5.74, 6) is 0.680. The molecule has 0 amide bonds. The molecule has 17 heavy (non-hydrogen) atoms. The van der Waals surface area contributed by atoms with E-state index < -0.39 is 7.12 Å². The fourth-order valence-electron chi connectivity index (χ4n) is 2.01. The standard InChI is InChI=1S/C12H7BBr2O2/c14-7-5-9-8-3-1-2-4-10(8)13(16)17-12(9)11(15)6-7/h1-6,16H. The molecule has 1 aliphatic rings. The number of rotatable bonds is 0. The molecule has 0 aromatic heterocycles. The minimum atomic E-state index is -0.906. The van der Waals surface area contributed by atoms with Gasteiger partial charge in [0, 0.05) is 15.5 Å². The van der Waals surface area contributed by atoms with Crippen molar-refractivity contribution >= 4 is 44.4 Å². The Morgan fingerprint density at radius 3 is 2.65 bits per heavy atom. The van der Waals surface area contributed by atoms with Crippen LogP contribution in [0, 0.1) is 0 Å². The van der Waals surface area contributed by atoms with E-state index in [0.29, 0.717) is 5.75 Å². The first-order chi connectivity index (χ1) is 8.16. The van der Waals surface area contributed by atoms with E-state index in [9.17, 15) is 5.02 Å². The Kier molecular flexibility index (Phi) is 2.77. The van der Waals surface area contributed by atoms with Gasteiger partial charge in [-0.25, -0.2) is 0 Å². The molecule has 5 heteroatoms. The first-order valence-corrected chi connectivity index (χ1v) is 6.68.